The van der Waals surface area contributed by atoms with Gasteiger partial charge in [0.15, 0.2) is 0 Å². The van der Waals surface area contributed by atoms with E-state index in [1.54, 1.807) is 0 Å². The molecule has 1 aromatic carbocycles. The lowest BCUT2D eigenvalue weighted by Crippen LogP contribution is -2.16. The molecule has 0 aliphatic heterocycles. The second kappa shape index (κ2) is 3.94. The molecule has 3 nitrogen and oxygen atoms in total. The number of fused-ring (bicyclic) bond motifs is 1. The van der Waals surface area contributed by atoms with Crippen molar-refractivity contribution < 1.29 is 0 Å². The summed E-state index contributed by atoms with van der Waals surface area (Å²) in [7, 11) is 3.99. The minimum Gasteiger partial charge on any atom is -0.330 e. The molecule has 0 fully saturated rings. The number of hydrogen-bond acceptors (Lipinski definition) is 2. The van der Waals surface area contributed by atoms with Gasteiger partial charge in [0, 0.05) is 11.5 Å². The lowest BCUT2D eigenvalue weighted by Gasteiger charge is -2.09. The summed E-state index contributed by atoms with van der Waals surface area (Å²) in [6, 6.07) is 6.43. The first kappa shape index (κ1) is 10.6. The van der Waals surface area contributed by atoms with Gasteiger partial charge in [-0.2, -0.15) is 0 Å². The molecule has 0 radical (unpaired) electrons. The molecule has 15 heavy (non-hydrogen) atoms. The first-order valence-corrected chi connectivity index (χ1v) is 5.72. The van der Waals surface area contributed by atoms with Gasteiger partial charge in [-0.15, -0.1) is 0 Å². The maximum absolute atomic E-state index is 4.61. The minimum atomic E-state index is 0.265. The predicted molar refractivity (Wildman–Crippen MR) is 65.9 cm³/mol. The van der Waals surface area contributed by atoms with Crippen LogP contribution in [-0.2, 0) is 7.05 Å². The average molecular weight is 268 g/mol. The Morgan fingerprint density at radius 2 is 2.20 bits per heavy atom. The molecule has 1 heterocycles. The molecule has 0 spiro atoms. The van der Waals surface area contributed by atoms with E-state index in [-0.39, 0.29) is 6.04 Å². The van der Waals surface area contributed by atoms with Crippen LogP contribution in [0.2, 0.25) is 0 Å². The average Bonchev–Trinajstić information content (AvgIpc) is 2.54. The number of nitrogens with one attached hydrogen (secondary N) is 1. The van der Waals surface area contributed by atoms with Gasteiger partial charge in [-0.25, -0.2) is 4.98 Å². The van der Waals surface area contributed by atoms with Gasteiger partial charge >= 0.3 is 0 Å². The Morgan fingerprint density at radius 3 is 2.87 bits per heavy atom. The summed E-state index contributed by atoms with van der Waals surface area (Å²) in [5, 5.41) is 3.20. The predicted octanol–water partition coefficient (Wildman–Crippen LogP) is 2.62. The number of halogens is 1. The number of hydrogen-bond donors (Lipinski definition) is 1. The van der Waals surface area contributed by atoms with Crippen molar-refractivity contribution >= 4 is 27.0 Å². The molecule has 4 heteroatoms. The largest absolute Gasteiger partial charge is 0.330 e. The zero-order valence-electron chi connectivity index (χ0n) is 9.08. The van der Waals surface area contributed by atoms with Crippen LogP contribution in [0.5, 0.6) is 0 Å². The second-order valence-electron chi connectivity index (χ2n) is 3.67. The van der Waals surface area contributed by atoms with E-state index in [4.69, 9.17) is 0 Å². The first-order valence-electron chi connectivity index (χ1n) is 4.92. The summed E-state index contributed by atoms with van der Waals surface area (Å²) >= 11 is 3.46. The van der Waals surface area contributed by atoms with Crippen LogP contribution in [0.3, 0.4) is 0 Å². The highest BCUT2D eigenvalue weighted by molar-refractivity contribution is 9.10. The van der Waals surface area contributed by atoms with Crippen LogP contribution in [0.25, 0.3) is 11.0 Å². The summed E-state index contributed by atoms with van der Waals surface area (Å²) in [5.74, 6) is 1.06. The molecule has 2 aromatic rings. The lowest BCUT2D eigenvalue weighted by molar-refractivity contribution is 0.590. The Labute approximate surface area is 97.6 Å². The summed E-state index contributed by atoms with van der Waals surface area (Å²) in [6.07, 6.45) is 0. The molecule has 1 atom stereocenters. The van der Waals surface area contributed by atoms with E-state index < -0.39 is 0 Å². The Kier molecular flexibility index (Phi) is 2.80. The molecule has 1 unspecified atom stereocenters. The number of imidazole rings is 1. The van der Waals surface area contributed by atoms with Crippen molar-refractivity contribution in [2.45, 2.75) is 13.0 Å². The Hall–Kier alpha value is -0.870. The van der Waals surface area contributed by atoms with Crippen molar-refractivity contribution in [2.75, 3.05) is 7.05 Å². The minimum absolute atomic E-state index is 0.265. The Bertz CT molecular complexity index is 490. The molecular weight excluding hydrogens is 254 g/mol. The molecule has 1 aromatic heterocycles. The van der Waals surface area contributed by atoms with Crippen molar-refractivity contribution in [1.29, 1.82) is 0 Å². The van der Waals surface area contributed by atoms with Crippen LogP contribution in [0.15, 0.2) is 22.7 Å². The number of rotatable bonds is 2. The zero-order valence-corrected chi connectivity index (χ0v) is 10.7. The summed E-state index contributed by atoms with van der Waals surface area (Å²) in [5.41, 5.74) is 2.19. The van der Waals surface area contributed by atoms with Gasteiger partial charge < -0.3 is 9.88 Å². The van der Waals surface area contributed by atoms with E-state index in [0.717, 1.165) is 21.3 Å². The molecular formula is C11H14BrN3. The van der Waals surface area contributed by atoms with Gasteiger partial charge in [-0.3, -0.25) is 0 Å². The quantitative estimate of drug-likeness (QED) is 0.907. The van der Waals surface area contributed by atoms with Crippen molar-refractivity contribution in [3.8, 4) is 0 Å². The van der Waals surface area contributed by atoms with Crippen LogP contribution >= 0.6 is 15.9 Å². The fraction of sp³-hybridized carbons (Fsp3) is 0.364. The SMILES string of the molecule is CNC(C)c1nc2cc(Br)ccc2n1C. The van der Waals surface area contributed by atoms with E-state index in [1.807, 2.05) is 26.2 Å². The molecule has 2 rings (SSSR count). The van der Waals surface area contributed by atoms with E-state index >= 15 is 0 Å². The second-order valence-corrected chi connectivity index (χ2v) is 4.59. The highest BCUT2D eigenvalue weighted by Gasteiger charge is 2.12. The molecule has 0 saturated carbocycles. The van der Waals surface area contributed by atoms with Gasteiger partial charge in [0.2, 0.25) is 0 Å². The van der Waals surface area contributed by atoms with Gasteiger partial charge in [0.05, 0.1) is 17.1 Å². The number of aromatic nitrogens is 2. The Morgan fingerprint density at radius 1 is 1.47 bits per heavy atom. The lowest BCUT2D eigenvalue weighted by atomic mass is 10.3. The first-order chi connectivity index (χ1) is 7.13. The van der Waals surface area contributed by atoms with E-state index in [2.05, 4.69) is 43.8 Å². The monoisotopic (exact) mass is 267 g/mol. The standard InChI is InChI=1S/C11H14BrN3/c1-7(13-2)11-14-9-6-8(12)4-5-10(9)15(11)3/h4-7,13H,1-3H3. The normalized spacial score (nSPS) is 13.3. The summed E-state index contributed by atoms with van der Waals surface area (Å²) in [4.78, 5) is 4.61. The summed E-state index contributed by atoms with van der Waals surface area (Å²) in [6.45, 7) is 2.11. The zero-order chi connectivity index (χ0) is 11.0. The molecule has 0 aliphatic carbocycles. The van der Waals surface area contributed by atoms with Crippen molar-refractivity contribution in [1.82, 2.24) is 14.9 Å². The van der Waals surface area contributed by atoms with E-state index in [9.17, 15) is 0 Å². The van der Waals surface area contributed by atoms with E-state index in [1.165, 1.54) is 0 Å². The van der Waals surface area contributed by atoms with Crippen LogP contribution < -0.4 is 5.32 Å². The molecule has 1 N–H and O–H groups in total. The number of benzene rings is 1. The molecule has 0 aliphatic rings. The molecule has 0 bridgehead atoms. The van der Waals surface area contributed by atoms with Crippen LogP contribution in [0, 0.1) is 0 Å². The van der Waals surface area contributed by atoms with Gasteiger partial charge in [-0.05, 0) is 32.2 Å². The fourth-order valence-corrected chi connectivity index (χ4v) is 2.06. The topological polar surface area (TPSA) is 29.9 Å². The number of nitrogens with zero attached hydrogens (tertiary/aromatic N) is 2. The maximum atomic E-state index is 4.61. The maximum Gasteiger partial charge on any atom is 0.126 e. The van der Waals surface area contributed by atoms with Gasteiger partial charge in [-0.1, -0.05) is 15.9 Å². The molecule has 0 saturated heterocycles. The van der Waals surface area contributed by atoms with Crippen molar-refractivity contribution in [2.24, 2.45) is 7.05 Å². The fourth-order valence-electron chi connectivity index (χ4n) is 1.71. The van der Waals surface area contributed by atoms with E-state index in [0.29, 0.717) is 0 Å². The highest BCUT2D eigenvalue weighted by Crippen LogP contribution is 2.22. The third-order valence-electron chi connectivity index (χ3n) is 2.70. The highest BCUT2D eigenvalue weighted by atomic mass is 79.9. The molecule has 80 valence electrons. The van der Waals surface area contributed by atoms with Crippen LogP contribution in [0.1, 0.15) is 18.8 Å². The van der Waals surface area contributed by atoms with Gasteiger partial charge in [0.25, 0.3) is 0 Å². The van der Waals surface area contributed by atoms with Crippen LogP contribution in [-0.4, -0.2) is 16.6 Å². The summed E-state index contributed by atoms with van der Waals surface area (Å²) < 4.78 is 3.19. The number of aryl methyl sites for hydroxylation is 1. The van der Waals surface area contributed by atoms with Crippen molar-refractivity contribution in [3.63, 3.8) is 0 Å². The Balaban J connectivity index is 2.63. The smallest absolute Gasteiger partial charge is 0.126 e. The van der Waals surface area contributed by atoms with Crippen molar-refractivity contribution in [3.05, 3.63) is 28.5 Å². The third kappa shape index (κ3) is 1.79. The van der Waals surface area contributed by atoms with Crippen LogP contribution in [0.4, 0.5) is 0 Å². The third-order valence-corrected chi connectivity index (χ3v) is 3.19. The van der Waals surface area contributed by atoms with Gasteiger partial charge in [0.1, 0.15) is 5.82 Å². The molecule has 0 amide bonds.